The van der Waals surface area contributed by atoms with Gasteiger partial charge in [0.2, 0.25) is 5.91 Å². The van der Waals surface area contributed by atoms with Gasteiger partial charge in [0.1, 0.15) is 11.7 Å². The van der Waals surface area contributed by atoms with Crippen LogP contribution in [0.1, 0.15) is 33.1 Å². The van der Waals surface area contributed by atoms with E-state index in [4.69, 9.17) is 11.5 Å². The van der Waals surface area contributed by atoms with Crippen LogP contribution in [0.25, 0.3) is 0 Å². The molecule has 0 saturated heterocycles. The lowest BCUT2D eigenvalue weighted by atomic mass is 10.3. The van der Waals surface area contributed by atoms with Gasteiger partial charge in [0, 0.05) is 31.8 Å². The summed E-state index contributed by atoms with van der Waals surface area (Å²) in [6.45, 7) is 4.08. The number of guanidine groups is 1. The lowest BCUT2D eigenvalue weighted by Gasteiger charge is -2.06. The predicted molar refractivity (Wildman–Crippen MR) is 97.8 cm³/mol. The fraction of sp³-hybridized carbons (Fsp3) is 0.500. The quantitative estimate of drug-likeness (QED) is 0.129. The van der Waals surface area contributed by atoms with E-state index >= 15 is 0 Å². The first kappa shape index (κ1) is 19.7. The largest absolute Gasteiger partial charge is 0.386 e. The Kier molecular flexibility index (Phi) is 9.20. The molecule has 0 fully saturated rings. The van der Waals surface area contributed by atoms with E-state index in [0.29, 0.717) is 35.7 Å². The highest BCUT2D eigenvalue weighted by Gasteiger charge is 2.02. The number of carbonyl (C=O) groups excluding carboxylic acids is 1. The first-order chi connectivity index (χ1) is 11.5. The summed E-state index contributed by atoms with van der Waals surface area (Å²) in [4.78, 5) is 23.4. The summed E-state index contributed by atoms with van der Waals surface area (Å²) >= 11 is 1.51. The summed E-state index contributed by atoms with van der Waals surface area (Å²) in [5.74, 6) is 1.87. The van der Waals surface area contributed by atoms with E-state index < -0.39 is 0 Å². The molecule has 0 unspecified atom stereocenters. The molecule has 0 aromatic carbocycles. The molecule has 0 radical (unpaired) electrons. The molecular formula is C14H24N8OS. The van der Waals surface area contributed by atoms with Gasteiger partial charge in [0.15, 0.2) is 11.1 Å². The molecule has 1 aromatic rings. The SMILES string of the molecule is CCCN=C(N)Nc1ccnc(SCCCC(N)=NNC(C)=O)n1. The Morgan fingerprint density at radius 2 is 2.21 bits per heavy atom. The van der Waals surface area contributed by atoms with Crippen molar-refractivity contribution in [1.29, 1.82) is 0 Å². The number of nitrogens with two attached hydrogens (primary N) is 2. The monoisotopic (exact) mass is 352 g/mol. The molecule has 1 rings (SSSR count). The number of aliphatic imine (C=N–C) groups is 1. The number of carbonyl (C=O) groups is 1. The first-order valence-corrected chi connectivity index (χ1v) is 8.61. The van der Waals surface area contributed by atoms with Gasteiger partial charge in [0.05, 0.1) is 0 Å². The molecule has 1 aromatic heterocycles. The Morgan fingerprint density at radius 1 is 1.42 bits per heavy atom. The van der Waals surface area contributed by atoms with Crippen LogP contribution in [-0.2, 0) is 4.79 Å². The van der Waals surface area contributed by atoms with Crippen LogP contribution < -0.4 is 22.2 Å². The highest BCUT2D eigenvalue weighted by molar-refractivity contribution is 7.99. The zero-order valence-corrected chi connectivity index (χ0v) is 14.8. The zero-order valence-electron chi connectivity index (χ0n) is 14.0. The van der Waals surface area contributed by atoms with Crippen LogP contribution in [0.2, 0.25) is 0 Å². The molecule has 0 aliphatic carbocycles. The highest BCUT2D eigenvalue weighted by Crippen LogP contribution is 2.16. The van der Waals surface area contributed by atoms with Crippen LogP contribution in [-0.4, -0.2) is 40.0 Å². The normalized spacial score (nSPS) is 12.1. The fourth-order valence-corrected chi connectivity index (χ4v) is 2.28. The fourth-order valence-electron chi connectivity index (χ4n) is 1.51. The summed E-state index contributed by atoms with van der Waals surface area (Å²) in [6, 6.07) is 1.73. The van der Waals surface area contributed by atoms with Crippen molar-refractivity contribution in [1.82, 2.24) is 15.4 Å². The number of hydrogen-bond acceptors (Lipinski definition) is 6. The maximum atomic E-state index is 10.7. The van der Waals surface area contributed by atoms with E-state index in [1.54, 1.807) is 12.3 Å². The molecular weight excluding hydrogens is 328 g/mol. The van der Waals surface area contributed by atoms with E-state index in [-0.39, 0.29) is 5.91 Å². The van der Waals surface area contributed by atoms with E-state index in [9.17, 15) is 4.79 Å². The molecule has 0 bridgehead atoms. The van der Waals surface area contributed by atoms with Crippen molar-refractivity contribution in [3.63, 3.8) is 0 Å². The average molecular weight is 352 g/mol. The van der Waals surface area contributed by atoms with Gasteiger partial charge in [-0.15, -0.1) is 0 Å². The number of hydrazone groups is 1. The third kappa shape index (κ3) is 8.93. The Labute approximate surface area is 145 Å². The van der Waals surface area contributed by atoms with E-state index in [2.05, 4.69) is 30.8 Å². The molecule has 6 N–H and O–H groups in total. The van der Waals surface area contributed by atoms with Crippen LogP contribution in [0.5, 0.6) is 0 Å². The van der Waals surface area contributed by atoms with Crippen LogP contribution in [0, 0.1) is 0 Å². The number of nitrogens with one attached hydrogen (secondary N) is 2. The number of aromatic nitrogens is 2. The number of amidine groups is 1. The lowest BCUT2D eigenvalue weighted by molar-refractivity contribution is -0.118. The van der Waals surface area contributed by atoms with Crippen molar-refractivity contribution in [2.24, 2.45) is 21.6 Å². The zero-order chi connectivity index (χ0) is 17.8. The maximum absolute atomic E-state index is 10.7. The van der Waals surface area contributed by atoms with E-state index in [1.807, 2.05) is 6.92 Å². The van der Waals surface area contributed by atoms with Crippen molar-refractivity contribution in [3.05, 3.63) is 12.3 Å². The van der Waals surface area contributed by atoms with Gasteiger partial charge < -0.3 is 16.8 Å². The van der Waals surface area contributed by atoms with Crippen molar-refractivity contribution < 1.29 is 4.79 Å². The number of hydrogen-bond donors (Lipinski definition) is 4. The summed E-state index contributed by atoms with van der Waals surface area (Å²) < 4.78 is 0. The highest BCUT2D eigenvalue weighted by atomic mass is 32.2. The second-order valence-electron chi connectivity index (χ2n) is 4.84. The van der Waals surface area contributed by atoms with Crippen LogP contribution in [0.15, 0.2) is 27.5 Å². The minimum absolute atomic E-state index is 0.244. The van der Waals surface area contributed by atoms with Gasteiger partial charge in [-0.05, 0) is 18.9 Å². The predicted octanol–water partition coefficient (Wildman–Crippen LogP) is 0.894. The van der Waals surface area contributed by atoms with E-state index in [0.717, 1.165) is 18.6 Å². The van der Waals surface area contributed by atoms with Gasteiger partial charge >= 0.3 is 0 Å². The standard InChI is InChI=1S/C14H24N8OS/c1-3-7-17-13(16)19-12-6-8-18-14(20-12)24-9-4-5-11(15)22-21-10(2)23/h6,8H,3-5,7,9H2,1-2H3,(H2,15,22)(H,21,23)(H3,16,17,18,19,20). The molecule has 1 amide bonds. The number of amides is 1. The molecule has 132 valence electrons. The van der Waals surface area contributed by atoms with E-state index in [1.165, 1.54) is 18.7 Å². The molecule has 0 atom stereocenters. The van der Waals surface area contributed by atoms with Gasteiger partial charge in [-0.3, -0.25) is 9.79 Å². The number of nitrogens with zero attached hydrogens (tertiary/aromatic N) is 4. The number of anilines is 1. The van der Waals surface area contributed by atoms with Crippen LogP contribution in [0.3, 0.4) is 0 Å². The van der Waals surface area contributed by atoms with Crippen LogP contribution in [0.4, 0.5) is 5.82 Å². The first-order valence-electron chi connectivity index (χ1n) is 7.62. The topological polar surface area (TPSA) is 144 Å². The number of thioether (sulfide) groups is 1. The third-order valence-electron chi connectivity index (χ3n) is 2.56. The molecule has 0 aliphatic heterocycles. The summed E-state index contributed by atoms with van der Waals surface area (Å²) in [7, 11) is 0. The minimum Gasteiger partial charge on any atom is -0.386 e. The van der Waals surface area contributed by atoms with Gasteiger partial charge in [-0.25, -0.2) is 15.4 Å². The molecule has 0 saturated carbocycles. The van der Waals surface area contributed by atoms with Gasteiger partial charge in [-0.2, -0.15) is 5.10 Å². The third-order valence-corrected chi connectivity index (χ3v) is 3.51. The Bertz CT molecular complexity index is 590. The summed E-state index contributed by atoms with van der Waals surface area (Å²) in [6.07, 6.45) is 3.97. The average Bonchev–Trinajstić information content (AvgIpc) is 2.55. The molecule has 1 heterocycles. The van der Waals surface area contributed by atoms with Crippen molar-refractivity contribution >= 4 is 35.3 Å². The minimum atomic E-state index is -0.244. The summed E-state index contributed by atoms with van der Waals surface area (Å²) in [5, 5.41) is 7.33. The molecule has 9 nitrogen and oxygen atoms in total. The van der Waals surface area contributed by atoms with Crippen molar-refractivity contribution in [3.8, 4) is 0 Å². The van der Waals surface area contributed by atoms with Crippen molar-refractivity contribution in [2.45, 2.75) is 38.3 Å². The Balaban J connectivity index is 2.39. The smallest absolute Gasteiger partial charge is 0.236 e. The van der Waals surface area contributed by atoms with Gasteiger partial charge in [0.25, 0.3) is 0 Å². The summed E-state index contributed by atoms with van der Waals surface area (Å²) in [5.41, 5.74) is 13.7. The van der Waals surface area contributed by atoms with Crippen LogP contribution >= 0.6 is 11.8 Å². The second-order valence-corrected chi connectivity index (χ2v) is 5.90. The van der Waals surface area contributed by atoms with Crippen molar-refractivity contribution in [2.75, 3.05) is 17.6 Å². The number of rotatable bonds is 9. The molecule has 24 heavy (non-hydrogen) atoms. The maximum Gasteiger partial charge on any atom is 0.236 e. The molecule has 10 heteroatoms. The Hall–Kier alpha value is -2.36. The Morgan fingerprint density at radius 3 is 2.92 bits per heavy atom. The molecule has 0 spiro atoms. The second kappa shape index (κ2) is 11.2. The lowest BCUT2D eigenvalue weighted by Crippen LogP contribution is -2.23. The molecule has 0 aliphatic rings. The van der Waals surface area contributed by atoms with Gasteiger partial charge in [-0.1, -0.05) is 18.7 Å².